The maximum absolute atomic E-state index is 13.6. The number of methoxy groups -OCH3 is 3. The number of carbonyl (C=O) groups excluding carboxylic acids is 2. The third-order valence-corrected chi connectivity index (χ3v) is 7.82. The molecular weight excluding hydrogens is 590 g/mol. The van der Waals surface area contributed by atoms with Crippen molar-refractivity contribution in [3.8, 4) is 17.2 Å². The minimum absolute atomic E-state index is 0.373. The summed E-state index contributed by atoms with van der Waals surface area (Å²) >= 11 is 0.414. The molecule has 0 fully saturated rings. The van der Waals surface area contributed by atoms with Crippen LogP contribution in [-0.2, 0) is 16.0 Å². The summed E-state index contributed by atoms with van der Waals surface area (Å²) in [6.07, 6.45) is 4.13. The minimum atomic E-state index is -2.54. The number of nitrogens with one attached hydrogen (secondary N) is 1. The van der Waals surface area contributed by atoms with Gasteiger partial charge in [-0.15, -0.1) is 0 Å². The van der Waals surface area contributed by atoms with Crippen molar-refractivity contribution in [3.63, 3.8) is 0 Å². The van der Waals surface area contributed by atoms with Gasteiger partial charge in [-0.25, -0.2) is 9.78 Å². The highest BCUT2D eigenvalue weighted by Crippen LogP contribution is 2.41. The number of hydrogen-bond acceptors (Lipinski definition) is 8. The second kappa shape index (κ2) is 13.8. The van der Waals surface area contributed by atoms with Gasteiger partial charge in [0, 0.05) is 16.0 Å². The molecule has 0 spiro atoms. The molecule has 11 heteroatoms. The average Bonchev–Trinajstić information content (AvgIpc) is 3.03. The van der Waals surface area contributed by atoms with E-state index in [-0.39, 0.29) is 0 Å². The number of rotatable bonds is 10. The molecule has 4 aromatic rings. The first-order valence-corrected chi connectivity index (χ1v) is 14.6. The highest BCUT2D eigenvalue weighted by Gasteiger charge is 2.27. The van der Waals surface area contributed by atoms with Crippen molar-refractivity contribution in [1.82, 2.24) is 4.98 Å². The number of thioether (sulfide) groups is 1. The van der Waals surface area contributed by atoms with Gasteiger partial charge in [-0.1, -0.05) is 30.0 Å². The Morgan fingerprint density at radius 2 is 1.68 bits per heavy atom. The van der Waals surface area contributed by atoms with E-state index in [4.69, 9.17) is 23.9 Å². The predicted octanol–water partition coefficient (Wildman–Crippen LogP) is 7.25. The zero-order chi connectivity index (χ0) is 31.2. The zero-order valence-electron chi connectivity index (χ0n) is 24.3. The number of aromatic nitrogens is 1. The van der Waals surface area contributed by atoms with E-state index in [9.17, 15) is 18.4 Å². The number of ether oxygens (including phenoxy) is 4. The highest BCUT2D eigenvalue weighted by molar-refractivity contribution is 7.99. The zero-order valence-corrected chi connectivity index (χ0v) is 25.1. The Morgan fingerprint density at radius 1 is 0.977 bits per heavy atom. The first-order valence-electron chi connectivity index (χ1n) is 13.8. The number of amides is 1. The summed E-state index contributed by atoms with van der Waals surface area (Å²) in [6.45, 7) is -0.522. The standard InChI is InChI=1S/C33H30F2N2O6S/c1-40-26-16-19(17-27(41-2)31(26)42-3)15-20-7-6-9-24-29(23-8-4-5-10-25(23)37-30(20)24)32(39)43-18-28(38)36-21-11-13-22(14-12-21)44-33(34)35/h4-5,8,10-17,33H,6-7,9,18H2,1-3H3,(H,36,38)/b20-15-. The molecular formula is C33H30F2N2O6S. The van der Waals surface area contributed by atoms with Crippen LogP contribution >= 0.6 is 11.8 Å². The van der Waals surface area contributed by atoms with Crippen molar-refractivity contribution in [3.05, 3.63) is 83.0 Å². The number of carbonyl (C=O) groups is 2. The minimum Gasteiger partial charge on any atom is -0.493 e. The van der Waals surface area contributed by atoms with E-state index in [1.54, 1.807) is 21.3 Å². The number of fused-ring (bicyclic) bond motifs is 2. The number of para-hydroxylation sites is 1. The van der Waals surface area contributed by atoms with Crippen molar-refractivity contribution in [2.45, 2.75) is 29.9 Å². The van der Waals surface area contributed by atoms with Crippen molar-refractivity contribution >= 4 is 51.9 Å². The van der Waals surface area contributed by atoms with E-state index in [0.717, 1.165) is 29.5 Å². The molecule has 0 atom stereocenters. The van der Waals surface area contributed by atoms with Crippen molar-refractivity contribution < 1.29 is 37.3 Å². The largest absolute Gasteiger partial charge is 0.493 e. The predicted molar refractivity (Wildman–Crippen MR) is 166 cm³/mol. The third-order valence-electron chi connectivity index (χ3n) is 7.10. The van der Waals surface area contributed by atoms with Gasteiger partial charge in [-0.2, -0.15) is 8.78 Å². The monoisotopic (exact) mass is 620 g/mol. The summed E-state index contributed by atoms with van der Waals surface area (Å²) in [6, 6.07) is 17.0. The molecule has 1 aliphatic carbocycles. The quantitative estimate of drug-likeness (QED) is 0.146. The molecule has 1 aliphatic rings. The first kappa shape index (κ1) is 30.8. The SMILES string of the molecule is COc1cc(/C=C2/CCCc3c2nc2ccccc2c3C(=O)OCC(=O)Nc2ccc(SC(F)F)cc2)cc(OC)c1OC. The molecule has 1 aromatic heterocycles. The maximum Gasteiger partial charge on any atom is 0.339 e. The lowest BCUT2D eigenvalue weighted by atomic mass is 9.86. The summed E-state index contributed by atoms with van der Waals surface area (Å²) in [5.74, 6) is -2.19. The number of hydrogen-bond donors (Lipinski definition) is 1. The summed E-state index contributed by atoms with van der Waals surface area (Å²) in [7, 11) is 4.66. The molecule has 1 heterocycles. The molecule has 0 bridgehead atoms. The number of allylic oxidation sites excluding steroid dienone is 1. The van der Waals surface area contributed by atoms with Gasteiger partial charge in [0.1, 0.15) is 0 Å². The lowest BCUT2D eigenvalue weighted by Gasteiger charge is -2.22. The fourth-order valence-corrected chi connectivity index (χ4v) is 5.71. The molecule has 1 amide bonds. The Kier molecular flexibility index (Phi) is 9.64. The van der Waals surface area contributed by atoms with E-state index in [1.807, 2.05) is 42.5 Å². The van der Waals surface area contributed by atoms with Crippen molar-refractivity contribution in [2.75, 3.05) is 33.3 Å². The normalized spacial score (nSPS) is 13.5. The van der Waals surface area contributed by atoms with Crippen LogP contribution in [0.5, 0.6) is 17.2 Å². The number of benzene rings is 3. The van der Waals surface area contributed by atoms with Crippen LogP contribution in [0, 0.1) is 0 Å². The Labute approximate surface area is 257 Å². The van der Waals surface area contributed by atoms with Crippen LogP contribution in [0.15, 0.2) is 65.6 Å². The van der Waals surface area contributed by atoms with Gasteiger partial charge in [0.25, 0.3) is 11.7 Å². The molecule has 0 radical (unpaired) electrons. The third kappa shape index (κ3) is 6.78. The molecule has 0 aliphatic heterocycles. The fourth-order valence-electron chi connectivity index (χ4n) is 5.21. The summed E-state index contributed by atoms with van der Waals surface area (Å²) in [5.41, 5.74) is 4.61. The van der Waals surface area contributed by atoms with Crippen LogP contribution in [0.25, 0.3) is 22.6 Å². The van der Waals surface area contributed by atoms with Gasteiger partial charge >= 0.3 is 5.97 Å². The second-order valence-electron chi connectivity index (χ2n) is 9.84. The van der Waals surface area contributed by atoms with Gasteiger partial charge in [-0.05, 0) is 84.5 Å². The number of alkyl halides is 2. The van der Waals surface area contributed by atoms with Crippen LogP contribution in [-0.4, -0.2) is 50.6 Å². The summed E-state index contributed by atoms with van der Waals surface area (Å²) < 4.78 is 47.1. The molecule has 3 aromatic carbocycles. The van der Waals surface area contributed by atoms with Gasteiger partial charge in [0.05, 0.1) is 38.1 Å². The number of pyridine rings is 1. The van der Waals surface area contributed by atoms with Gasteiger partial charge in [-0.3, -0.25) is 4.79 Å². The van der Waals surface area contributed by atoms with Crippen LogP contribution in [0.3, 0.4) is 0 Å². The highest BCUT2D eigenvalue weighted by atomic mass is 32.2. The van der Waals surface area contributed by atoms with E-state index >= 15 is 0 Å². The van der Waals surface area contributed by atoms with Gasteiger partial charge in [0.2, 0.25) is 5.75 Å². The summed E-state index contributed by atoms with van der Waals surface area (Å²) in [5, 5.41) is 3.26. The average molecular weight is 621 g/mol. The van der Waals surface area contributed by atoms with Crippen molar-refractivity contribution in [1.29, 1.82) is 0 Å². The smallest absolute Gasteiger partial charge is 0.339 e. The van der Waals surface area contributed by atoms with E-state index in [2.05, 4.69) is 5.32 Å². The Bertz CT molecular complexity index is 1700. The van der Waals surface area contributed by atoms with Crippen molar-refractivity contribution in [2.24, 2.45) is 0 Å². The Balaban J connectivity index is 1.43. The maximum atomic E-state index is 13.6. The molecule has 8 nitrogen and oxygen atoms in total. The number of nitrogens with zero attached hydrogens (tertiary/aromatic N) is 1. The topological polar surface area (TPSA) is 96.0 Å². The lowest BCUT2D eigenvalue weighted by Crippen LogP contribution is -2.22. The number of esters is 1. The Morgan fingerprint density at radius 3 is 2.34 bits per heavy atom. The molecule has 0 unspecified atom stereocenters. The molecule has 44 heavy (non-hydrogen) atoms. The number of anilines is 1. The lowest BCUT2D eigenvalue weighted by molar-refractivity contribution is -0.119. The Hall–Kier alpha value is -4.64. The van der Waals surface area contributed by atoms with E-state index in [1.165, 1.54) is 24.3 Å². The van der Waals surface area contributed by atoms with Gasteiger partial charge < -0.3 is 24.3 Å². The molecule has 228 valence electrons. The second-order valence-corrected chi connectivity index (χ2v) is 10.9. The molecule has 5 rings (SSSR count). The molecule has 1 N–H and O–H groups in total. The molecule has 0 saturated heterocycles. The van der Waals surface area contributed by atoms with E-state index in [0.29, 0.717) is 68.2 Å². The van der Waals surface area contributed by atoms with Crippen LogP contribution < -0.4 is 19.5 Å². The first-order chi connectivity index (χ1) is 21.3. The summed E-state index contributed by atoms with van der Waals surface area (Å²) in [4.78, 5) is 31.5. The fraction of sp³-hybridized carbons (Fsp3) is 0.242. The molecule has 0 saturated carbocycles. The number of halogens is 2. The van der Waals surface area contributed by atoms with Gasteiger partial charge in [0.15, 0.2) is 18.1 Å². The van der Waals surface area contributed by atoms with E-state index < -0.39 is 24.2 Å². The van der Waals surface area contributed by atoms with Crippen LogP contribution in [0.4, 0.5) is 14.5 Å². The van der Waals surface area contributed by atoms with Crippen LogP contribution in [0.1, 0.15) is 40.0 Å². The van der Waals surface area contributed by atoms with Crippen LogP contribution in [0.2, 0.25) is 0 Å².